The van der Waals surface area contributed by atoms with Gasteiger partial charge in [0.2, 0.25) is 12.8 Å². The van der Waals surface area contributed by atoms with Gasteiger partial charge < -0.3 is 30.7 Å². The van der Waals surface area contributed by atoms with E-state index in [0.29, 0.717) is 59.8 Å². The maximum Gasteiger partial charge on any atom is 0.308 e. The molecule has 48 heavy (non-hydrogen) atoms. The van der Waals surface area contributed by atoms with E-state index in [9.17, 15) is 19.2 Å². The van der Waals surface area contributed by atoms with Crippen molar-refractivity contribution < 1.29 is 28.7 Å². The molecule has 14 nitrogen and oxygen atoms in total. The summed E-state index contributed by atoms with van der Waals surface area (Å²) in [6.07, 6.45) is 5.14. The lowest BCUT2D eigenvalue weighted by Crippen LogP contribution is -2.22. The van der Waals surface area contributed by atoms with Crippen molar-refractivity contribution in [2.24, 2.45) is 11.8 Å². The van der Waals surface area contributed by atoms with E-state index in [2.05, 4.69) is 19.9 Å². The molecule has 0 spiro atoms. The van der Waals surface area contributed by atoms with E-state index in [0.717, 1.165) is 9.81 Å². The molecule has 0 radical (unpaired) electrons. The first-order chi connectivity index (χ1) is 22.7. The molecule has 2 aromatic heterocycles. The van der Waals surface area contributed by atoms with Gasteiger partial charge in [-0.3, -0.25) is 19.2 Å². The molecule has 262 valence electrons. The van der Waals surface area contributed by atoms with Crippen LogP contribution in [0, 0.1) is 25.7 Å². The Labute approximate surface area is 289 Å². The van der Waals surface area contributed by atoms with Gasteiger partial charge in [0.1, 0.15) is 23.3 Å². The highest BCUT2D eigenvalue weighted by Crippen LogP contribution is 2.43. The molecule has 0 bridgehead atoms. The van der Waals surface area contributed by atoms with Crippen LogP contribution in [0.4, 0.5) is 11.6 Å². The first-order valence-electron chi connectivity index (χ1n) is 15.3. The second-order valence-electron chi connectivity index (χ2n) is 11.5. The van der Waals surface area contributed by atoms with Gasteiger partial charge in [0.05, 0.1) is 38.1 Å². The molecule has 0 aliphatic rings. The van der Waals surface area contributed by atoms with Gasteiger partial charge in [0.25, 0.3) is 0 Å². The van der Waals surface area contributed by atoms with Crippen molar-refractivity contribution in [1.29, 1.82) is 0 Å². The molecule has 0 aromatic carbocycles. The number of esters is 2. The summed E-state index contributed by atoms with van der Waals surface area (Å²) in [6, 6.07) is 0. The third-order valence-electron chi connectivity index (χ3n) is 6.97. The normalized spacial score (nSPS) is 12.3. The fourth-order valence-electron chi connectivity index (χ4n) is 3.91. The average molecular weight is 703 g/mol. The van der Waals surface area contributed by atoms with Gasteiger partial charge >= 0.3 is 11.9 Å². The lowest BCUT2D eigenvalue weighted by atomic mass is 10.2. The molecule has 2 heterocycles. The zero-order chi connectivity index (χ0) is 36.0. The molecule has 0 atom stereocenters. The minimum absolute atomic E-state index is 0.0803. The first-order valence-corrected chi connectivity index (χ1v) is 17.5. The number of aromatic nitrogens is 4. The number of aryl methyl sites for hydroxylation is 2. The number of nitrogens with two attached hydrogens (primary N) is 2. The van der Waals surface area contributed by atoms with Crippen LogP contribution in [0.15, 0.2) is 33.6 Å². The van der Waals surface area contributed by atoms with Crippen LogP contribution in [0.2, 0.25) is 0 Å². The molecule has 2 amide bonds. The Balaban J connectivity index is 2.47. The first kappa shape index (κ1) is 40.0. The van der Waals surface area contributed by atoms with E-state index in [-0.39, 0.29) is 61.7 Å². The monoisotopic (exact) mass is 702 g/mol. The Bertz CT molecular complexity index is 1400. The topological polar surface area (TPSA) is 197 Å². The Hall–Kier alpha value is -4.18. The Morgan fingerprint density at radius 3 is 1.40 bits per heavy atom. The Morgan fingerprint density at radius 2 is 1.10 bits per heavy atom. The van der Waals surface area contributed by atoms with Gasteiger partial charge in [-0.05, 0) is 27.7 Å². The van der Waals surface area contributed by atoms with Crippen molar-refractivity contribution in [2.75, 3.05) is 24.7 Å². The molecular formula is C32H46N8O6S2. The van der Waals surface area contributed by atoms with Crippen LogP contribution in [0.5, 0.6) is 0 Å². The van der Waals surface area contributed by atoms with Gasteiger partial charge in [-0.15, -0.1) is 0 Å². The van der Waals surface area contributed by atoms with Crippen LogP contribution in [0.3, 0.4) is 0 Å². The summed E-state index contributed by atoms with van der Waals surface area (Å²) in [7, 11) is 2.69. The summed E-state index contributed by atoms with van der Waals surface area (Å²) in [4.78, 5) is 70.4. The van der Waals surface area contributed by atoms with Crippen molar-refractivity contribution in [3.63, 3.8) is 0 Å². The van der Waals surface area contributed by atoms with Crippen molar-refractivity contribution in [3.05, 3.63) is 56.4 Å². The number of anilines is 2. The molecular weight excluding hydrogens is 657 g/mol. The second kappa shape index (κ2) is 19.6. The van der Waals surface area contributed by atoms with Crippen molar-refractivity contribution in [1.82, 2.24) is 29.7 Å². The zero-order valence-corrected chi connectivity index (χ0v) is 30.4. The number of hydrogen-bond acceptors (Lipinski definition) is 14. The highest BCUT2D eigenvalue weighted by molar-refractivity contribution is 8.79. The minimum Gasteiger partial charge on any atom is -0.465 e. The largest absolute Gasteiger partial charge is 0.465 e. The summed E-state index contributed by atoms with van der Waals surface area (Å²) in [5, 5.41) is 0. The lowest BCUT2D eigenvalue weighted by Gasteiger charge is -2.24. The Kier molecular flexibility index (Phi) is 16.3. The number of rotatable bonds is 19. The van der Waals surface area contributed by atoms with Crippen LogP contribution >= 0.6 is 21.6 Å². The summed E-state index contributed by atoms with van der Waals surface area (Å²) < 4.78 is 10.9. The summed E-state index contributed by atoms with van der Waals surface area (Å²) in [5.41, 5.74) is 14.6. The highest BCUT2D eigenvalue weighted by Gasteiger charge is 2.20. The number of amides is 2. The molecule has 2 aromatic rings. The maximum absolute atomic E-state index is 12.3. The van der Waals surface area contributed by atoms with E-state index < -0.39 is 0 Å². The van der Waals surface area contributed by atoms with Gasteiger partial charge in [-0.1, -0.05) is 49.3 Å². The molecule has 16 heteroatoms. The van der Waals surface area contributed by atoms with E-state index in [1.165, 1.54) is 31.4 Å². The van der Waals surface area contributed by atoms with Crippen LogP contribution < -0.4 is 11.5 Å². The standard InChI is InChI=1S/C32H46N8O6S2/c1-19(2)31(43)45-11-9-27(21(5)39(17-41)15-25-13-35-23(7)37-29(25)33)47-48-28(10-12-46-32(44)20(3)4)22(6)40(18-42)16-26-14-36-24(8)38-30(26)34/h13-14,17-20H,9-12,15-16H2,1-8H3,(H2,33,35,37)(H2,34,36,38)/b27-21-,28-22?. The lowest BCUT2D eigenvalue weighted by molar-refractivity contribution is -0.148. The van der Waals surface area contributed by atoms with Gasteiger partial charge in [-0.25, -0.2) is 19.9 Å². The number of carbonyl (C=O) groups is 4. The molecule has 0 fully saturated rings. The van der Waals surface area contributed by atoms with E-state index in [4.69, 9.17) is 20.9 Å². The van der Waals surface area contributed by atoms with Gasteiger partial charge in [0.15, 0.2) is 0 Å². The molecule has 0 saturated heterocycles. The molecule has 4 N–H and O–H groups in total. The van der Waals surface area contributed by atoms with Gasteiger partial charge in [0, 0.05) is 57.6 Å². The number of nitrogens with zero attached hydrogens (tertiary/aromatic N) is 6. The fraction of sp³-hybridized carbons (Fsp3) is 0.500. The average Bonchev–Trinajstić information content (AvgIpc) is 3.03. The molecule has 0 aliphatic heterocycles. The number of carbonyl (C=O) groups excluding carboxylic acids is 4. The quantitative estimate of drug-likeness (QED) is 0.116. The van der Waals surface area contributed by atoms with E-state index in [1.807, 2.05) is 0 Å². The number of ether oxygens (including phenoxy) is 2. The van der Waals surface area contributed by atoms with Crippen LogP contribution in [0.1, 0.15) is 77.2 Å². The van der Waals surface area contributed by atoms with Crippen LogP contribution in [-0.2, 0) is 41.7 Å². The summed E-state index contributed by atoms with van der Waals surface area (Å²) in [5.74, 6) is 0.266. The SMILES string of the molecule is CC(=C(CCOC(=O)C(C)C)SS/C(CCOC(=O)C(C)C)=C(/C)N(C=O)Cc1cnc(C)nc1N)N(C=O)Cc1cnc(C)nc1N. The molecule has 0 saturated carbocycles. The number of allylic oxidation sites excluding steroid dienone is 2. The van der Waals surface area contributed by atoms with Crippen molar-refractivity contribution in [3.8, 4) is 0 Å². The van der Waals surface area contributed by atoms with Crippen molar-refractivity contribution in [2.45, 2.75) is 81.3 Å². The van der Waals surface area contributed by atoms with Crippen LogP contribution in [0.25, 0.3) is 0 Å². The molecule has 0 aliphatic carbocycles. The number of hydrogen-bond donors (Lipinski definition) is 2. The fourth-order valence-corrected chi connectivity index (χ4v) is 6.75. The molecule has 2 rings (SSSR count). The van der Waals surface area contributed by atoms with E-state index >= 15 is 0 Å². The predicted octanol–water partition coefficient (Wildman–Crippen LogP) is 4.69. The zero-order valence-electron chi connectivity index (χ0n) is 28.8. The summed E-state index contributed by atoms with van der Waals surface area (Å²) in [6.45, 7) is 14.4. The molecule has 0 unspecified atom stereocenters. The number of nitrogen functional groups attached to an aromatic ring is 2. The third-order valence-corrected chi connectivity index (χ3v) is 9.92. The maximum atomic E-state index is 12.3. The second-order valence-corrected chi connectivity index (χ2v) is 13.8. The van der Waals surface area contributed by atoms with Gasteiger partial charge in [-0.2, -0.15) is 0 Å². The smallest absolute Gasteiger partial charge is 0.308 e. The van der Waals surface area contributed by atoms with Crippen molar-refractivity contribution >= 4 is 58.0 Å². The minimum atomic E-state index is -0.342. The highest BCUT2D eigenvalue weighted by atomic mass is 33.1. The van der Waals surface area contributed by atoms with E-state index in [1.54, 1.807) is 67.8 Å². The van der Waals surface area contributed by atoms with Crippen LogP contribution in [-0.4, -0.2) is 67.7 Å². The summed E-state index contributed by atoms with van der Waals surface area (Å²) >= 11 is 0. The predicted molar refractivity (Wildman–Crippen MR) is 187 cm³/mol. The Morgan fingerprint density at radius 1 is 0.750 bits per heavy atom. The third kappa shape index (κ3) is 12.4.